The van der Waals surface area contributed by atoms with Gasteiger partial charge in [0, 0.05) is 5.46 Å². The molecule has 1 aromatic carbocycles. The summed E-state index contributed by atoms with van der Waals surface area (Å²) in [5.74, 6) is -2.34. The van der Waals surface area contributed by atoms with Crippen LogP contribution in [0.2, 0.25) is 5.02 Å². The number of nitrogens with one attached hydrogen (secondary N) is 1. The van der Waals surface area contributed by atoms with Gasteiger partial charge in [-0.15, -0.1) is 4.80 Å². The normalized spacial score (nSPS) is 17.0. The molecule has 184 valence electrons. The third-order valence-corrected chi connectivity index (χ3v) is 6.19. The van der Waals surface area contributed by atoms with Gasteiger partial charge in [0.05, 0.1) is 46.1 Å². The van der Waals surface area contributed by atoms with E-state index in [2.05, 4.69) is 20.5 Å². The van der Waals surface area contributed by atoms with E-state index in [-0.39, 0.29) is 21.7 Å². The van der Waals surface area contributed by atoms with E-state index < -0.39 is 47.6 Å². The Balaban J connectivity index is 1.61. The van der Waals surface area contributed by atoms with E-state index in [1.54, 1.807) is 27.7 Å². The van der Waals surface area contributed by atoms with Crippen molar-refractivity contribution in [1.29, 1.82) is 0 Å². The van der Waals surface area contributed by atoms with Crippen LogP contribution in [-0.4, -0.2) is 44.2 Å². The quantitative estimate of drug-likeness (QED) is 0.420. The Morgan fingerprint density at radius 3 is 2.26 bits per heavy atom. The maximum Gasteiger partial charge on any atom is 0.497 e. The van der Waals surface area contributed by atoms with Crippen molar-refractivity contribution in [3.63, 3.8) is 0 Å². The minimum atomic E-state index is -4.81. The molecule has 0 unspecified atom stereocenters. The van der Waals surface area contributed by atoms with Crippen molar-refractivity contribution >= 4 is 35.8 Å². The van der Waals surface area contributed by atoms with Crippen LogP contribution in [0.3, 0.4) is 0 Å². The number of nitrogens with zero attached hydrogens (tertiary/aromatic N) is 4. The molecule has 1 aliphatic rings. The number of alkyl halides is 3. The molecule has 1 aliphatic heterocycles. The van der Waals surface area contributed by atoms with E-state index in [1.807, 2.05) is 0 Å². The third kappa shape index (κ3) is 4.75. The maximum absolute atomic E-state index is 14.9. The molecule has 0 atom stereocenters. The van der Waals surface area contributed by atoms with Gasteiger partial charge in [0.1, 0.15) is 11.4 Å². The Morgan fingerprint density at radius 1 is 1.09 bits per heavy atom. The molecule has 1 saturated heterocycles. The molecule has 0 spiro atoms. The highest BCUT2D eigenvalue weighted by Crippen LogP contribution is 2.37. The lowest BCUT2D eigenvalue weighted by molar-refractivity contribution is -0.137. The van der Waals surface area contributed by atoms with E-state index in [0.717, 1.165) is 12.3 Å². The molecule has 8 nitrogen and oxygen atoms in total. The van der Waals surface area contributed by atoms with Crippen LogP contribution in [0, 0.1) is 5.82 Å². The first kappa shape index (κ1) is 25.1. The molecule has 0 aliphatic carbocycles. The molecule has 0 radical (unpaired) electrons. The molecule has 1 N–H and O–H groups in total. The molecule has 0 saturated carbocycles. The number of amides is 1. The van der Waals surface area contributed by atoms with Gasteiger partial charge >= 0.3 is 13.3 Å². The predicted octanol–water partition coefficient (Wildman–Crippen LogP) is 4.03. The second-order valence-electron chi connectivity index (χ2n) is 8.81. The summed E-state index contributed by atoms with van der Waals surface area (Å²) in [4.78, 5) is 17.2. The number of hydrogen-bond acceptors (Lipinski definition) is 6. The monoisotopic (exact) mass is 511 g/mol. The highest BCUT2D eigenvalue weighted by molar-refractivity contribution is 6.62. The maximum atomic E-state index is 14.9. The average molecular weight is 512 g/mol. The van der Waals surface area contributed by atoms with Gasteiger partial charge in [-0.1, -0.05) is 11.6 Å². The van der Waals surface area contributed by atoms with Gasteiger partial charge in [-0.25, -0.2) is 9.37 Å². The summed E-state index contributed by atoms with van der Waals surface area (Å²) in [5, 5.41) is 9.43. The zero-order chi connectivity index (χ0) is 25.8. The van der Waals surface area contributed by atoms with Crippen molar-refractivity contribution in [2.24, 2.45) is 0 Å². The van der Waals surface area contributed by atoms with E-state index in [1.165, 1.54) is 18.5 Å². The lowest BCUT2D eigenvalue weighted by Gasteiger charge is -2.32. The number of halogens is 5. The van der Waals surface area contributed by atoms with Crippen LogP contribution >= 0.6 is 11.6 Å². The zero-order valence-corrected chi connectivity index (χ0v) is 19.7. The number of carbonyl (C=O) groups is 1. The standard InChI is InChI=1S/C21H19BClF4N5O3/c1-19(2)20(3,4)35-22(34-19)14-9-15(23)12(8-16(14)24)18(33)31-11-7-13(21(25,26)27)17(28-10-11)32-29-5-6-30-32/h5-10H,1-4H3,(H,31,33). The minimum Gasteiger partial charge on any atom is -0.399 e. The summed E-state index contributed by atoms with van der Waals surface area (Å²) in [5.41, 5.74) is -3.23. The smallest absolute Gasteiger partial charge is 0.399 e. The molecular formula is C21H19BClF4N5O3. The van der Waals surface area contributed by atoms with Gasteiger partial charge in [-0.3, -0.25) is 4.79 Å². The van der Waals surface area contributed by atoms with Crippen LogP contribution < -0.4 is 10.8 Å². The number of rotatable bonds is 4. The molecule has 0 bridgehead atoms. The predicted molar refractivity (Wildman–Crippen MR) is 119 cm³/mol. The van der Waals surface area contributed by atoms with Gasteiger partial charge < -0.3 is 14.6 Å². The van der Waals surface area contributed by atoms with Crippen LogP contribution in [0.1, 0.15) is 43.6 Å². The van der Waals surface area contributed by atoms with Crippen molar-refractivity contribution in [2.75, 3.05) is 5.32 Å². The van der Waals surface area contributed by atoms with Crippen molar-refractivity contribution in [1.82, 2.24) is 20.0 Å². The Kier molecular flexibility index (Phi) is 6.14. The number of pyridine rings is 1. The molecule has 35 heavy (non-hydrogen) atoms. The first-order chi connectivity index (χ1) is 16.2. The van der Waals surface area contributed by atoms with Crippen molar-refractivity contribution in [3.05, 3.63) is 58.8 Å². The number of anilines is 1. The van der Waals surface area contributed by atoms with Crippen molar-refractivity contribution in [2.45, 2.75) is 45.1 Å². The number of aromatic nitrogens is 4. The molecular weight excluding hydrogens is 493 g/mol. The minimum absolute atomic E-state index is 0.0118. The van der Waals surface area contributed by atoms with Gasteiger partial charge in [-0.05, 0) is 45.9 Å². The van der Waals surface area contributed by atoms with Crippen molar-refractivity contribution in [3.8, 4) is 5.82 Å². The second kappa shape index (κ2) is 8.57. The fourth-order valence-corrected chi connectivity index (χ4v) is 3.56. The largest absolute Gasteiger partial charge is 0.497 e. The number of hydrogen-bond donors (Lipinski definition) is 1. The van der Waals surface area contributed by atoms with Gasteiger partial charge in [-0.2, -0.15) is 23.4 Å². The Morgan fingerprint density at radius 2 is 1.69 bits per heavy atom. The first-order valence-corrected chi connectivity index (χ1v) is 10.7. The van der Waals surface area contributed by atoms with E-state index in [0.29, 0.717) is 10.9 Å². The molecule has 3 heterocycles. The van der Waals surface area contributed by atoms with Crippen LogP contribution in [0.25, 0.3) is 5.82 Å². The zero-order valence-electron chi connectivity index (χ0n) is 18.9. The molecule has 14 heteroatoms. The second-order valence-corrected chi connectivity index (χ2v) is 9.21. The summed E-state index contributed by atoms with van der Waals surface area (Å²) < 4.78 is 67.3. The summed E-state index contributed by atoms with van der Waals surface area (Å²) in [6, 6.07) is 2.74. The van der Waals surface area contributed by atoms with Gasteiger partial charge in [0.15, 0.2) is 5.82 Å². The fourth-order valence-electron chi connectivity index (χ4n) is 3.30. The Bertz CT molecular complexity index is 1270. The van der Waals surface area contributed by atoms with Crippen LogP contribution in [-0.2, 0) is 15.5 Å². The van der Waals surface area contributed by atoms with Gasteiger partial charge in [0.2, 0.25) is 0 Å². The summed E-state index contributed by atoms with van der Waals surface area (Å²) in [7, 11) is -1.06. The lowest BCUT2D eigenvalue weighted by Crippen LogP contribution is -2.41. The summed E-state index contributed by atoms with van der Waals surface area (Å²) in [6.07, 6.45) is -1.43. The molecule has 2 aromatic heterocycles. The summed E-state index contributed by atoms with van der Waals surface area (Å²) in [6.45, 7) is 7.19. The highest BCUT2D eigenvalue weighted by Gasteiger charge is 2.52. The number of benzene rings is 1. The first-order valence-electron chi connectivity index (χ1n) is 10.3. The SMILES string of the molecule is CC1(C)OB(c2cc(Cl)c(C(=O)Nc3cnc(-n4nccn4)c(C(F)(F)F)c3)cc2F)OC1(C)C. The van der Waals surface area contributed by atoms with Gasteiger partial charge in [0.25, 0.3) is 5.91 Å². The fraction of sp³-hybridized carbons (Fsp3) is 0.333. The van der Waals surface area contributed by atoms with E-state index in [9.17, 15) is 22.4 Å². The molecule has 1 amide bonds. The molecule has 4 rings (SSSR count). The Hall–Kier alpha value is -3.03. The topological polar surface area (TPSA) is 91.2 Å². The van der Waals surface area contributed by atoms with Crippen LogP contribution in [0.4, 0.5) is 23.2 Å². The summed E-state index contributed by atoms with van der Waals surface area (Å²) >= 11 is 6.23. The van der Waals surface area contributed by atoms with Crippen LogP contribution in [0.5, 0.6) is 0 Å². The van der Waals surface area contributed by atoms with Crippen LogP contribution in [0.15, 0.2) is 36.8 Å². The Labute approximate surface area is 202 Å². The third-order valence-electron chi connectivity index (χ3n) is 5.88. The lowest BCUT2D eigenvalue weighted by atomic mass is 9.78. The number of carbonyl (C=O) groups excluding carboxylic acids is 1. The molecule has 3 aromatic rings. The van der Waals surface area contributed by atoms with Crippen molar-refractivity contribution < 1.29 is 31.7 Å². The van der Waals surface area contributed by atoms with E-state index in [4.69, 9.17) is 20.9 Å². The van der Waals surface area contributed by atoms with E-state index >= 15 is 0 Å². The molecule has 1 fully saturated rings. The highest BCUT2D eigenvalue weighted by atomic mass is 35.5. The average Bonchev–Trinajstić information content (AvgIpc) is 3.34.